The third-order valence-electron chi connectivity index (χ3n) is 5.10. The number of carbonyl (C=O) groups excluding carboxylic acids is 2. The van der Waals surface area contributed by atoms with Crippen LogP contribution in [0.4, 0.5) is 0 Å². The summed E-state index contributed by atoms with van der Waals surface area (Å²) in [6, 6.07) is 16.4. The Bertz CT molecular complexity index is 1040. The van der Waals surface area contributed by atoms with Crippen molar-refractivity contribution in [2.45, 2.75) is 46.9 Å². The SMILES string of the molecule is Cc1noc(C)c1COc1cccc(C(=O)OCC(=O)N(Cc2ccccc2)C(C)C)c1. The molecule has 0 aliphatic heterocycles. The molecule has 0 radical (unpaired) electrons. The van der Waals surface area contributed by atoms with Gasteiger partial charge < -0.3 is 18.9 Å². The molecule has 3 aromatic rings. The van der Waals surface area contributed by atoms with Crippen molar-refractivity contribution in [2.75, 3.05) is 6.61 Å². The van der Waals surface area contributed by atoms with E-state index in [4.69, 9.17) is 14.0 Å². The number of aromatic nitrogens is 1. The number of amides is 1. The summed E-state index contributed by atoms with van der Waals surface area (Å²) in [5, 5.41) is 3.90. The zero-order chi connectivity index (χ0) is 23.1. The van der Waals surface area contributed by atoms with Crippen molar-refractivity contribution in [1.82, 2.24) is 10.1 Å². The molecule has 0 fully saturated rings. The fourth-order valence-corrected chi connectivity index (χ4v) is 3.21. The van der Waals surface area contributed by atoms with Crippen molar-refractivity contribution in [2.24, 2.45) is 0 Å². The van der Waals surface area contributed by atoms with E-state index in [0.29, 0.717) is 23.6 Å². The normalized spacial score (nSPS) is 10.8. The Morgan fingerprint density at radius 2 is 1.81 bits per heavy atom. The molecule has 1 heterocycles. The van der Waals surface area contributed by atoms with Crippen LogP contribution in [0.3, 0.4) is 0 Å². The van der Waals surface area contributed by atoms with Crippen LogP contribution in [0, 0.1) is 13.8 Å². The predicted molar refractivity (Wildman–Crippen MR) is 119 cm³/mol. The Morgan fingerprint density at radius 1 is 1.06 bits per heavy atom. The number of hydrogen-bond acceptors (Lipinski definition) is 6. The highest BCUT2D eigenvalue weighted by Crippen LogP contribution is 2.19. The summed E-state index contributed by atoms with van der Waals surface area (Å²) in [4.78, 5) is 26.9. The average Bonchev–Trinajstić information content (AvgIpc) is 3.12. The molecule has 2 aromatic carbocycles. The van der Waals surface area contributed by atoms with Crippen LogP contribution >= 0.6 is 0 Å². The first kappa shape index (κ1) is 23.1. The van der Waals surface area contributed by atoms with E-state index in [-0.39, 0.29) is 25.2 Å². The largest absolute Gasteiger partial charge is 0.489 e. The molecule has 0 aliphatic rings. The van der Waals surface area contributed by atoms with Gasteiger partial charge in [-0.15, -0.1) is 0 Å². The van der Waals surface area contributed by atoms with Crippen molar-refractivity contribution < 1.29 is 23.6 Å². The first-order valence-electron chi connectivity index (χ1n) is 10.5. The van der Waals surface area contributed by atoms with E-state index in [1.54, 1.807) is 29.2 Å². The lowest BCUT2D eigenvalue weighted by Gasteiger charge is -2.26. The lowest BCUT2D eigenvalue weighted by atomic mass is 10.2. The number of nitrogens with zero attached hydrogens (tertiary/aromatic N) is 2. The van der Waals surface area contributed by atoms with Gasteiger partial charge in [-0.2, -0.15) is 0 Å². The van der Waals surface area contributed by atoms with Gasteiger partial charge in [0, 0.05) is 12.6 Å². The number of hydrogen-bond donors (Lipinski definition) is 0. The monoisotopic (exact) mass is 436 g/mol. The maximum absolute atomic E-state index is 12.7. The zero-order valence-corrected chi connectivity index (χ0v) is 18.8. The lowest BCUT2D eigenvalue weighted by Crippen LogP contribution is -2.39. The molecule has 1 amide bonds. The van der Waals surface area contributed by atoms with Gasteiger partial charge in [0.05, 0.1) is 16.8 Å². The van der Waals surface area contributed by atoms with Crippen LogP contribution in [0.2, 0.25) is 0 Å². The number of aryl methyl sites for hydroxylation is 2. The Morgan fingerprint density at radius 3 is 2.47 bits per heavy atom. The molecular formula is C25H28N2O5. The van der Waals surface area contributed by atoms with Gasteiger partial charge in [-0.25, -0.2) is 4.79 Å². The van der Waals surface area contributed by atoms with Gasteiger partial charge in [-0.05, 0) is 51.5 Å². The molecule has 0 atom stereocenters. The van der Waals surface area contributed by atoms with Crippen LogP contribution < -0.4 is 4.74 Å². The summed E-state index contributed by atoms with van der Waals surface area (Å²) in [6.07, 6.45) is 0. The van der Waals surface area contributed by atoms with Crippen LogP contribution in [-0.2, 0) is 22.7 Å². The van der Waals surface area contributed by atoms with Gasteiger partial charge >= 0.3 is 5.97 Å². The second kappa shape index (κ2) is 10.6. The summed E-state index contributed by atoms with van der Waals surface area (Å²) in [6.45, 7) is 7.94. The van der Waals surface area contributed by atoms with Crippen LogP contribution in [0.15, 0.2) is 59.1 Å². The van der Waals surface area contributed by atoms with Crippen molar-refractivity contribution in [1.29, 1.82) is 0 Å². The summed E-state index contributed by atoms with van der Waals surface area (Å²) in [5.41, 5.74) is 2.97. The first-order valence-corrected chi connectivity index (χ1v) is 10.5. The Labute approximate surface area is 187 Å². The summed E-state index contributed by atoms with van der Waals surface area (Å²) in [5.74, 6) is 0.382. The molecule has 0 spiro atoms. The molecule has 1 aromatic heterocycles. The van der Waals surface area contributed by atoms with Gasteiger partial charge in [0.15, 0.2) is 6.61 Å². The first-order chi connectivity index (χ1) is 15.3. The quantitative estimate of drug-likeness (QED) is 0.461. The fourth-order valence-electron chi connectivity index (χ4n) is 3.21. The number of rotatable bonds is 9. The van der Waals surface area contributed by atoms with Crippen molar-refractivity contribution in [3.63, 3.8) is 0 Å². The Hall–Kier alpha value is -3.61. The minimum atomic E-state index is -0.579. The van der Waals surface area contributed by atoms with Gasteiger partial charge in [0.2, 0.25) is 0 Å². The molecular weight excluding hydrogens is 408 g/mol. The molecule has 0 saturated heterocycles. The predicted octanol–water partition coefficient (Wildman–Crippen LogP) is 4.46. The number of esters is 1. The molecule has 7 heteroatoms. The molecule has 168 valence electrons. The standard InChI is InChI=1S/C25H28N2O5/c1-17(2)27(14-20-9-6-5-7-10-20)24(28)16-31-25(29)21-11-8-12-22(13-21)30-15-23-18(3)26-32-19(23)4/h5-13,17H,14-16H2,1-4H3. The topological polar surface area (TPSA) is 81.9 Å². The maximum atomic E-state index is 12.7. The molecule has 32 heavy (non-hydrogen) atoms. The van der Waals surface area contributed by atoms with Crippen LogP contribution in [0.1, 0.15) is 46.8 Å². The number of carbonyl (C=O) groups is 2. The van der Waals surface area contributed by atoms with Gasteiger partial charge in [0.1, 0.15) is 18.1 Å². The van der Waals surface area contributed by atoms with E-state index in [1.165, 1.54) is 0 Å². The van der Waals surface area contributed by atoms with Gasteiger partial charge in [-0.1, -0.05) is 41.6 Å². The van der Waals surface area contributed by atoms with E-state index >= 15 is 0 Å². The molecule has 0 saturated carbocycles. The molecule has 0 unspecified atom stereocenters. The minimum Gasteiger partial charge on any atom is -0.489 e. The highest BCUT2D eigenvalue weighted by molar-refractivity contribution is 5.91. The Kier molecular flexibility index (Phi) is 7.65. The van der Waals surface area contributed by atoms with Crippen LogP contribution in [-0.4, -0.2) is 34.6 Å². The molecule has 7 nitrogen and oxygen atoms in total. The van der Waals surface area contributed by atoms with E-state index in [0.717, 1.165) is 16.8 Å². The van der Waals surface area contributed by atoms with E-state index in [9.17, 15) is 9.59 Å². The molecule has 0 bridgehead atoms. The highest BCUT2D eigenvalue weighted by atomic mass is 16.5. The van der Waals surface area contributed by atoms with E-state index < -0.39 is 5.97 Å². The average molecular weight is 437 g/mol. The lowest BCUT2D eigenvalue weighted by molar-refractivity contribution is -0.136. The van der Waals surface area contributed by atoms with Crippen molar-refractivity contribution in [3.05, 3.63) is 82.7 Å². The minimum absolute atomic E-state index is 0.0255. The molecule has 0 N–H and O–H groups in total. The van der Waals surface area contributed by atoms with E-state index in [2.05, 4.69) is 5.16 Å². The van der Waals surface area contributed by atoms with Gasteiger partial charge in [-0.3, -0.25) is 4.79 Å². The van der Waals surface area contributed by atoms with Crippen LogP contribution in [0.5, 0.6) is 5.75 Å². The third kappa shape index (κ3) is 5.97. The molecule has 3 rings (SSSR count). The van der Waals surface area contributed by atoms with Crippen LogP contribution in [0.25, 0.3) is 0 Å². The van der Waals surface area contributed by atoms with Crippen molar-refractivity contribution in [3.8, 4) is 5.75 Å². The van der Waals surface area contributed by atoms with Crippen molar-refractivity contribution >= 4 is 11.9 Å². The number of benzene rings is 2. The molecule has 0 aliphatic carbocycles. The summed E-state index contributed by atoms with van der Waals surface area (Å²) >= 11 is 0. The second-order valence-corrected chi connectivity index (χ2v) is 7.80. The second-order valence-electron chi connectivity index (χ2n) is 7.80. The summed E-state index contributed by atoms with van der Waals surface area (Å²) < 4.78 is 16.2. The fraction of sp³-hybridized carbons (Fsp3) is 0.320. The third-order valence-corrected chi connectivity index (χ3v) is 5.10. The Balaban J connectivity index is 1.58. The maximum Gasteiger partial charge on any atom is 0.338 e. The smallest absolute Gasteiger partial charge is 0.338 e. The van der Waals surface area contributed by atoms with E-state index in [1.807, 2.05) is 58.0 Å². The zero-order valence-electron chi connectivity index (χ0n) is 18.8. The highest BCUT2D eigenvalue weighted by Gasteiger charge is 2.20. The summed E-state index contributed by atoms with van der Waals surface area (Å²) in [7, 11) is 0. The number of ether oxygens (including phenoxy) is 2. The van der Waals surface area contributed by atoms with Gasteiger partial charge in [0.25, 0.3) is 5.91 Å².